The van der Waals surface area contributed by atoms with Crippen LogP contribution in [0.1, 0.15) is 19.3 Å². The van der Waals surface area contributed by atoms with Crippen LogP contribution in [-0.4, -0.2) is 49.7 Å². The van der Waals surface area contributed by atoms with Crippen LogP contribution < -0.4 is 19.5 Å². The molecule has 1 atom stereocenters. The highest BCUT2D eigenvalue weighted by Gasteiger charge is 2.46. The zero-order valence-corrected chi connectivity index (χ0v) is 13.4. The van der Waals surface area contributed by atoms with Crippen LogP contribution in [0.15, 0.2) is 18.2 Å². The van der Waals surface area contributed by atoms with Gasteiger partial charge in [-0.05, 0) is 31.4 Å². The third-order valence-corrected chi connectivity index (χ3v) is 5.01. The SMILES string of the molecule is O=C(COc1ccc2c(c1)OCO2)N1CC[C@]2(CCCNC2=O)C1. The van der Waals surface area contributed by atoms with Crippen molar-refractivity contribution in [1.29, 1.82) is 0 Å². The molecule has 3 heterocycles. The zero-order valence-electron chi connectivity index (χ0n) is 13.4. The molecule has 0 bridgehead atoms. The van der Waals surface area contributed by atoms with E-state index in [2.05, 4.69) is 5.32 Å². The molecule has 0 aromatic heterocycles. The van der Waals surface area contributed by atoms with E-state index in [1.807, 2.05) is 0 Å². The summed E-state index contributed by atoms with van der Waals surface area (Å²) in [7, 11) is 0. The number of nitrogens with zero attached hydrogens (tertiary/aromatic N) is 1. The minimum atomic E-state index is -0.396. The highest BCUT2D eigenvalue weighted by atomic mass is 16.7. The maximum atomic E-state index is 12.4. The number of carbonyl (C=O) groups is 2. The molecule has 2 amide bonds. The molecule has 0 radical (unpaired) electrons. The number of rotatable bonds is 3. The minimum Gasteiger partial charge on any atom is -0.484 e. The second-order valence-electron chi connectivity index (χ2n) is 6.51. The van der Waals surface area contributed by atoms with Crippen molar-refractivity contribution >= 4 is 11.8 Å². The van der Waals surface area contributed by atoms with Crippen LogP contribution in [0.3, 0.4) is 0 Å². The van der Waals surface area contributed by atoms with Gasteiger partial charge in [-0.2, -0.15) is 0 Å². The van der Waals surface area contributed by atoms with E-state index in [-0.39, 0.29) is 25.2 Å². The number of carbonyl (C=O) groups excluding carboxylic acids is 2. The van der Waals surface area contributed by atoms with Crippen molar-refractivity contribution in [1.82, 2.24) is 10.2 Å². The van der Waals surface area contributed by atoms with Crippen molar-refractivity contribution < 1.29 is 23.8 Å². The highest BCUT2D eigenvalue weighted by Crippen LogP contribution is 2.38. The van der Waals surface area contributed by atoms with Gasteiger partial charge in [0, 0.05) is 25.7 Å². The molecule has 1 N–H and O–H groups in total. The highest BCUT2D eigenvalue weighted by molar-refractivity contribution is 5.86. The number of hydrogen-bond donors (Lipinski definition) is 1. The van der Waals surface area contributed by atoms with Gasteiger partial charge in [0.25, 0.3) is 5.91 Å². The summed E-state index contributed by atoms with van der Waals surface area (Å²) in [6.07, 6.45) is 2.56. The van der Waals surface area contributed by atoms with Crippen molar-refractivity contribution in [2.75, 3.05) is 33.0 Å². The molecule has 0 unspecified atom stereocenters. The van der Waals surface area contributed by atoms with Crippen LogP contribution in [0.4, 0.5) is 0 Å². The second-order valence-corrected chi connectivity index (χ2v) is 6.51. The molecule has 7 nitrogen and oxygen atoms in total. The van der Waals surface area contributed by atoms with Gasteiger partial charge in [0.1, 0.15) is 5.75 Å². The monoisotopic (exact) mass is 332 g/mol. The lowest BCUT2D eigenvalue weighted by molar-refractivity contribution is -0.135. The Balaban J connectivity index is 1.34. The van der Waals surface area contributed by atoms with E-state index in [4.69, 9.17) is 14.2 Å². The van der Waals surface area contributed by atoms with E-state index in [1.54, 1.807) is 23.1 Å². The van der Waals surface area contributed by atoms with Crippen LogP contribution in [0.5, 0.6) is 17.2 Å². The van der Waals surface area contributed by atoms with Crippen molar-refractivity contribution in [3.63, 3.8) is 0 Å². The number of hydrogen-bond acceptors (Lipinski definition) is 5. The van der Waals surface area contributed by atoms with Gasteiger partial charge in [0.15, 0.2) is 18.1 Å². The van der Waals surface area contributed by atoms with Crippen molar-refractivity contribution in [3.05, 3.63) is 18.2 Å². The van der Waals surface area contributed by atoms with E-state index in [0.29, 0.717) is 30.3 Å². The standard InChI is InChI=1S/C17H20N2O5/c20-15(9-22-12-2-3-13-14(8-12)24-11-23-13)19-7-5-17(10-19)4-1-6-18-16(17)21/h2-3,8H,1,4-7,9-11H2,(H,18,21)/t17-/m1/s1. The summed E-state index contributed by atoms with van der Waals surface area (Å²) in [6.45, 7) is 1.99. The maximum Gasteiger partial charge on any atom is 0.260 e. The normalized spacial score (nSPS) is 25.0. The van der Waals surface area contributed by atoms with Gasteiger partial charge in [0.05, 0.1) is 5.41 Å². The molecule has 128 valence electrons. The Bertz CT molecular complexity index is 677. The summed E-state index contributed by atoms with van der Waals surface area (Å²) < 4.78 is 16.1. The zero-order chi connectivity index (χ0) is 16.6. The van der Waals surface area contributed by atoms with Gasteiger partial charge >= 0.3 is 0 Å². The lowest BCUT2D eigenvalue weighted by atomic mass is 9.79. The average molecular weight is 332 g/mol. The quantitative estimate of drug-likeness (QED) is 0.891. The van der Waals surface area contributed by atoms with E-state index in [1.165, 1.54) is 0 Å². The molecular weight excluding hydrogens is 312 g/mol. The van der Waals surface area contributed by atoms with Crippen LogP contribution in [0.25, 0.3) is 0 Å². The van der Waals surface area contributed by atoms with Gasteiger partial charge in [-0.25, -0.2) is 0 Å². The first-order valence-electron chi connectivity index (χ1n) is 8.25. The van der Waals surface area contributed by atoms with E-state index >= 15 is 0 Å². The molecule has 0 aliphatic carbocycles. The number of benzene rings is 1. The maximum absolute atomic E-state index is 12.4. The van der Waals surface area contributed by atoms with Crippen molar-refractivity contribution in [2.45, 2.75) is 19.3 Å². The first-order chi connectivity index (χ1) is 11.7. The summed E-state index contributed by atoms with van der Waals surface area (Å²) in [5.74, 6) is 1.86. The van der Waals surface area contributed by atoms with Crippen LogP contribution in [0.2, 0.25) is 0 Å². The Morgan fingerprint density at radius 1 is 1.29 bits per heavy atom. The largest absolute Gasteiger partial charge is 0.484 e. The topological polar surface area (TPSA) is 77.1 Å². The van der Waals surface area contributed by atoms with Gasteiger partial charge in [-0.1, -0.05) is 0 Å². The molecule has 3 aliphatic rings. The molecule has 2 fully saturated rings. The smallest absolute Gasteiger partial charge is 0.260 e. The number of ether oxygens (including phenoxy) is 3. The number of likely N-dealkylation sites (tertiary alicyclic amines) is 1. The van der Waals surface area contributed by atoms with Crippen LogP contribution >= 0.6 is 0 Å². The Labute approximate surface area is 139 Å². The Kier molecular flexibility index (Phi) is 3.70. The summed E-state index contributed by atoms with van der Waals surface area (Å²) in [6, 6.07) is 5.23. The van der Waals surface area contributed by atoms with Gasteiger partial charge < -0.3 is 24.4 Å². The fourth-order valence-electron chi connectivity index (χ4n) is 3.61. The van der Waals surface area contributed by atoms with Crippen molar-refractivity contribution in [3.8, 4) is 17.2 Å². The predicted octanol–water partition coefficient (Wildman–Crippen LogP) is 0.923. The third kappa shape index (κ3) is 2.64. The summed E-state index contributed by atoms with van der Waals surface area (Å²) in [5.41, 5.74) is -0.396. The van der Waals surface area contributed by atoms with E-state index in [0.717, 1.165) is 25.8 Å². The van der Waals surface area contributed by atoms with Crippen LogP contribution in [-0.2, 0) is 9.59 Å². The Morgan fingerprint density at radius 2 is 2.17 bits per heavy atom. The molecule has 2 saturated heterocycles. The van der Waals surface area contributed by atoms with Crippen molar-refractivity contribution in [2.24, 2.45) is 5.41 Å². The second kappa shape index (κ2) is 5.89. The number of amides is 2. The molecule has 24 heavy (non-hydrogen) atoms. The molecule has 1 spiro atoms. The summed E-state index contributed by atoms with van der Waals surface area (Å²) >= 11 is 0. The first-order valence-corrected chi connectivity index (χ1v) is 8.25. The molecule has 4 rings (SSSR count). The molecule has 1 aromatic rings. The molecule has 7 heteroatoms. The fraction of sp³-hybridized carbons (Fsp3) is 0.529. The summed E-state index contributed by atoms with van der Waals surface area (Å²) in [4.78, 5) is 26.3. The molecule has 1 aromatic carbocycles. The molecule has 3 aliphatic heterocycles. The lowest BCUT2D eigenvalue weighted by Gasteiger charge is -2.32. The van der Waals surface area contributed by atoms with Gasteiger partial charge in [0.2, 0.25) is 12.7 Å². The Hall–Kier alpha value is -2.44. The van der Waals surface area contributed by atoms with Gasteiger partial charge in [-0.15, -0.1) is 0 Å². The fourth-order valence-corrected chi connectivity index (χ4v) is 3.61. The summed E-state index contributed by atoms with van der Waals surface area (Å²) in [5, 5.41) is 2.92. The third-order valence-electron chi connectivity index (χ3n) is 5.01. The van der Waals surface area contributed by atoms with Gasteiger partial charge in [-0.3, -0.25) is 9.59 Å². The first kappa shape index (κ1) is 15.1. The minimum absolute atomic E-state index is 0.0443. The average Bonchev–Trinajstić information content (AvgIpc) is 3.23. The van der Waals surface area contributed by atoms with E-state index in [9.17, 15) is 9.59 Å². The number of nitrogens with one attached hydrogen (secondary N) is 1. The predicted molar refractivity (Wildman–Crippen MR) is 83.9 cm³/mol. The molecular formula is C17H20N2O5. The Morgan fingerprint density at radius 3 is 3.04 bits per heavy atom. The van der Waals surface area contributed by atoms with Crippen LogP contribution in [0, 0.1) is 5.41 Å². The number of piperidine rings is 1. The molecule has 0 saturated carbocycles. The lowest BCUT2D eigenvalue weighted by Crippen LogP contribution is -2.48. The van der Waals surface area contributed by atoms with E-state index < -0.39 is 5.41 Å². The number of fused-ring (bicyclic) bond motifs is 1.